The fourth-order valence-electron chi connectivity index (χ4n) is 3.89. The predicted molar refractivity (Wildman–Crippen MR) is 82.0 cm³/mol. The van der Waals surface area contributed by atoms with Crippen molar-refractivity contribution < 1.29 is 14.7 Å². The quantitative estimate of drug-likeness (QED) is 0.755. The van der Waals surface area contributed by atoms with Crippen molar-refractivity contribution in [1.82, 2.24) is 5.32 Å². The summed E-state index contributed by atoms with van der Waals surface area (Å²) in [6.45, 7) is 2.07. The van der Waals surface area contributed by atoms with Crippen LogP contribution in [0.25, 0.3) is 0 Å². The number of carbonyl (C=O) groups excluding carboxylic acids is 1. The number of carboxylic acids is 1. The van der Waals surface area contributed by atoms with E-state index in [1.54, 1.807) is 0 Å². The number of hydrogen-bond acceptors (Lipinski definition) is 2. The van der Waals surface area contributed by atoms with Crippen LogP contribution in [0.2, 0.25) is 0 Å². The Bertz CT molecular complexity index is 370. The molecule has 120 valence electrons. The van der Waals surface area contributed by atoms with Gasteiger partial charge in [-0.05, 0) is 38.0 Å². The second-order valence-corrected chi connectivity index (χ2v) is 7.04. The number of rotatable bonds is 7. The number of carboxylic acid groups (broad SMARTS) is 1. The van der Waals surface area contributed by atoms with Crippen molar-refractivity contribution in [2.45, 2.75) is 83.1 Å². The van der Waals surface area contributed by atoms with Crippen LogP contribution in [0.3, 0.4) is 0 Å². The number of hydrogen-bond donors (Lipinski definition) is 2. The summed E-state index contributed by atoms with van der Waals surface area (Å²) >= 11 is 0. The molecule has 0 aromatic rings. The second-order valence-electron chi connectivity index (χ2n) is 7.04. The van der Waals surface area contributed by atoms with Gasteiger partial charge in [0.2, 0.25) is 5.91 Å². The standard InChI is InChI=1S/C17H29NO3/c1-2-14(11-13-7-4-3-5-8-13)16(21)18-17(9-6-10-17)12-15(19)20/h13-14H,2-12H2,1H3,(H,18,21)(H,19,20). The van der Waals surface area contributed by atoms with E-state index in [1.807, 2.05) is 0 Å². The summed E-state index contributed by atoms with van der Waals surface area (Å²) in [4.78, 5) is 23.5. The van der Waals surface area contributed by atoms with Gasteiger partial charge in [-0.2, -0.15) is 0 Å². The Balaban J connectivity index is 1.88. The summed E-state index contributed by atoms with van der Waals surface area (Å²) in [5.41, 5.74) is -0.455. The molecule has 0 radical (unpaired) electrons. The van der Waals surface area contributed by atoms with E-state index in [4.69, 9.17) is 5.11 Å². The SMILES string of the molecule is CCC(CC1CCCCC1)C(=O)NC1(CC(=O)O)CCC1. The molecule has 2 fully saturated rings. The first-order chi connectivity index (χ1) is 10.0. The van der Waals surface area contributed by atoms with Gasteiger partial charge in [0.15, 0.2) is 0 Å². The van der Waals surface area contributed by atoms with Crippen LogP contribution in [0.1, 0.15) is 77.6 Å². The zero-order valence-electron chi connectivity index (χ0n) is 13.2. The Morgan fingerprint density at radius 1 is 1.19 bits per heavy atom. The van der Waals surface area contributed by atoms with Gasteiger partial charge in [-0.25, -0.2) is 0 Å². The summed E-state index contributed by atoms with van der Waals surface area (Å²) in [5, 5.41) is 12.1. The van der Waals surface area contributed by atoms with Gasteiger partial charge in [-0.15, -0.1) is 0 Å². The van der Waals surface area contributed by atoms with Crippen molar-refractivity contribution in [1.29, 1.82) is 0 Å². The van der Waals surface area contributed by atoms with Crippen molar-refractivity contribution in [2.75, 3.05) is 0 Å². The van der Waals surface area contributed by atoms with Crippen LogP contribution in [0.5, 0.6) is 0 Å². The third-order valence-corrected chi connectivity index (χ3v) is 5.39. The van der Waals surface area contributed by atoms with E-state index in [9.17, 15) is 9.59 Å². The van der Waals surface area contributed by atoms with Crippen LogP contribution in [0, 0.1) is 11.8 Å². The summed E-state index contributed by atoms with van der Waals surface area (Å²) < 4.78 is 0. The van der Waals surface area contributed by atoms with Gasteiger partial charge in [0.25, 0.3) is 0 Å². The molecule has 2 saturated carbocycles. The number of aliphatic carboxylic acids is 1. The molecule has 0 bridgehead atoms. The molecule has 0 aromatic heterocycles. The van der Waals surface area contributed by atoms with Crippen molar-refractivity contribution in [2.24, 2.45) is 11.8 Å². The molecule has 0 heterocycles. The van der Waals surface area contributed by atoms with E-state index < -0.39 is 11.5 Å². The van der Waals surface area contributed by atoms with Crippen LogP contribution in [-0.4, -0.2) is 22.5 Å². The van der Waals surface area contributed by atoms with Crippen LogP contribution >= 0.6 is 0 Å². The lowest BCUT2D eigenvalue weighted by molar-refractivity contribution is -0.141. The Labute approximate surface area is 127 Å². The average molecular weight is 295 g/mol. The van der Waals surface area contributed by atoms with Crippen molar-refractivity contribution in [3.05, 3.63) is 0 Å². The Morgan fingerprint density at radius 3 is 2.33 bits per heavy atom. The minimum Gasteiger partial charge on any atom is -0.481 e. The maximum Gasteiger partial charge on any atom is 0.305 e. The lowest BCUT2D eigenvalue weighted by Gasteiger charge is -2.42. The normalized spacial score (nSPS) is 23.1. The molecule has 4 nitrogen and oxygen atoms in total. The molecule has 4 heteroatoms. The van der Waals surface area contributed by atoms with Gasteiger partial charge < -0.3 is 10.4 Å². The molecule has 1 atom stereocenters. The van der Waals surface area contributed by atoms with Gasteiger partial charge >= 0.3 is 5.97 Å². The maximum absolute atomic E-state index is 12.5. The molecule has 0 aromatic carbocycles. The van der Waals surface area contributed by atoms with Crippen LogP contribution < -0.4 is 5.32 Å². The average Bonchev–Trinajstić information content (AvgIpc) is 2.42. The minimum atomic E-state index is -0.810. The zero-order chi connectivity index (χ0) is 15.3. The molecule has 1 amide bonds. The third kappa shape index (κ3) is 4.45. The highest BCUT2D eigenvalue weighted by molar-refractivity contribution is 5.80. The second kappa shape index (κ2) is 7.28. The number of amides is 1. The lowest BCUT2D eigenvalue weighted by Crippen LogP contribution is -2.56. The van der Waals surface area contributed by atoms with Gasteiger partial charge in [-0.3, -0.25) is 9.59 Å². The number of nitrogens with one attached hydrogen (secondary N) is 1. The molecule has 0 aliphatic heterocycles. The summed E-state index contributed by atoms with van der Waals surface area (Å²) in [5.74, 6) is 0.0185. The molecule has 2 aliphatic rings. The van der Waals surface area contributed by atoms with Crippen LogP contribution in [-0.2, 0) is 9.59 Å². The summed E-state index contributed by atoms with van der Waals surface area (Å²) in [7, 11) is 0. The molecule has 1 unspecified atom stereocenters. The van der Waals surface area contributed by atoms with E-state index in [0.717, 1.165) is 32.1 Å². The molecule has 21 heavy (non-hydrogen) atoms. The van der Waals surface area contributed by atoms with E-state index in [-0.39, 0.29) is 18.2 Å². The minimum absolute atomic E-state index is 0.0550. The first-order valence-electron chi connectivity index (χ1n) is 8.58. The number of carbonyl (C=O) groups is 2. The van der Waals surface area contributed by atoms with Crippen molar-refractivity contribution in [3.63, 3.8) is 0 Å². The fraction of sp³-hybridized carbons (Fsp3) is 0.882. The lowest BCUT2D eigenvalue weighted by atomic mass is 9.73. The van der Waals surface area contributed by atoms with E-state index >= 15 is 0 Å². The Hall–Kier alpha value is -1.06. The fourth-order valence-corrected chi connectivity index (χ4v) is 3.89. The van der Waals surface area contributed by atoms with Crippen LogP contribution in [0.15, 0.2) is 0 Å². The van der Waals surface area contributed by atoms with Crippen molar-refractivity contribution >= 4 is 11.9 Å². The zero-order valence-corrected chi connectivity index (χ0v) is 13.2. The topological polar surface area (TPSA) is 66.4 Å². The summed E-state index contributed by atoms with van der Waals surface area (Å²) in [6, 6.07) is 0. The van der Waals surface area contributed by atoms with Crippen LogP contribution in [0.4, 0.5) is 0 Å². The summed E-state index contributed by atoms with van der Waals surface area (Å²) in [6.07, 6.45) is 11.0. The van der Waals surface area contributed by atoms with Gasteiger partial charge in [0, 0.05) is 5.92 Å². The third-order valence-electron chi connectivity index (χ3n) is 5.39. The van der Waals surface area contributed by atoms with Gasteiger partial charge in [0.05, 0.1) is 12.0 Å². The van der Waals surface area contributed by atoms with E-state index in [0.29, 0.717) is 5.92 Å². The van der Waals surface area contributed by atoms with Crippen molar-refractivity contribution in [3.8, 4) is 0 Å². The van der Waals surface area contributed by atoms with E-state index in [2.05, 4.69) is 12.2 Å². The monoisotopic (exact) mass is 295 g/mol. The highest BCUT2D eigenvalue weighted by atomic mass is 16.4. The predicted octanol–water partition coefficient (Wildman–Crippen LogP) is 3.50. The molecule has 0 saturated heterocycles. The largest absolute Gasteiger partial charge is 0.481 e. The highest BCUT2D eigenvalue weighted by Crippen LogP contribution is 2.36. The molecular weight excluding hydrogens is 266 g/mol. The maximum atomic E-state index is 12.5. The Morgan fingerprint density at radius 2 is 1.86 bits per heavy atom. The molecule has 0 spiro atoms. The molecule has 2 aliphatic carbocycles. The van der Waals surface area contributed by atoms with Gasteiger partial charge in [0.1, 0.15) is 0 Å². The Kier molecular flexibility index (Phi) is 5.65. The first kappa shape index (κ1) is 16.3. The smallest absolute Gasteiger partial charge is 0.305 e. The highest BCUT2D eigenvalue weighted by Gasteiger charge is 2.41. The first-order valence-corrected chi connectivity index (χ1v) is 8.58. The van der Waals surface area contributed by atoms with E-state index in [1.165, 1.54) is 32.1 Å². The van der Waals surface area contributed by atoms with Gasteiger partial charge in [-0.1, -0.05) is 39.0 Å². The molecule has 2 rings (SSSR count). The molecule has 2 N–H and O–H groups in total. The molecular formula is C17H29NO3.